The number of benzene rings is 2. The maximum Gasteiger partial charge on any atom is 0.273 e. The van der Waals surface area contributed by atoms with Gasteiger partial charge in [0.25, 0.3) is 5.56 Å². The number of amides is 1. The number of carbonyl (C=O) groups is 1. The molecule has 0 atom stereocenters. The molecule has 10 nitrogen and oxygen atoms in total. The van der Waals surface area contributed by atoms with E-state index in [1.165, 1.54) is 7.11 Å². The molecule has 10 heteroatoms. The van der Waals surface area contributed by atoms with E-state index in [4.69, 9.17) is 18.9 Å². The molecular formula is C24H28N4O6. The first-order valence-electron chi connectivity index (χ1n) is 10.7. The highest BCUT2D eigenvalue weighted by Crippen LogP contribution is 2.31. The Hall–Kier alpha value is -3.92. The normalized spacial score (nSPS) is 10.6. The van der Waals surface area contributed by atoms with Crippen LogP contribution < -0.4 is 25.1 Å². The van der Waals surface area contributed by atoms with Gasteiger partial charge < -0.3 is 29.2 Å². The molecule has 34 heavy (non-hydrogen) atoms. The largest absolute Gasteiger partial charge is 0.497 e. The molecule has 2 N–H and O–H groups in total. The van der Waals surface area contributed by atoms with E-state index in [0.29, 0.717) is 36.8 Å². The quantitative estimate of drug-likeness (QED) is 0.387. The summed E-state index contributed by atoms with van der Waals surface area (Å²) in [4.78, 5) is 27.0. The Labute approximate surface area is 197 Å². The number of hydrogen-bond donors (Lipinski definition) is 2. The second-order valence-corrected chi connectivity index (χ2v) is 7.30. The number of H-pyrrole nitrogens is 1. The second-order valence-electron chi connectivity index (χ2n) is 7.30. The Kier molecular flexibility index (Phi) is 8.98. The molecule has 1 heterocycles. The monoisotopic (exact) mass is 468 g/mol. The molecule has 0 spiro atoms. The van der Waals surface area contributed by atoms with Gasteiger partial charge in [-0.1, -0.05) is 12.1 Å². The van der Waals surface area contributed by atoms with E-state index in [1.54, 1.807) is 32.4 Å². The van der Waals surface area contributed by atoms with Crippen LogP contribution in [0.25, 0.3) is 11.4 Å². The zero-order valence-electron chi connectivity index (χ0n) is 19.4. The molecule has 0 saturated carbocycles. The first kappa shape index (κ1) is 24.7. The minimum atomic E-state index is -0.396. The zero-order valence-corrected chi connectivity index (χ0v) is 19.4. The van der Waals surface area contributed by atoms with Crippen LogP contribution in [-0.2, 0) is 22.6 Å². The highest BCUT2D eigenvalue weighted by Gasteiger charge is 2.12. The molecule has 1 amide bonds. The minimum absolute atomic E-state index is 0.133. The van der Waals surface area contributed by atoms with Gasteiger partial charge in [-0.2, -0.15) is 0 Å². The Morgan fingerprint density at radius 3 is 2.62 bits per heavy atom. The molecule has 180 valence electrons. The molecule has 0 saturated heterocycles. The van der Waals surface area contributed by atoms with Crippen molar-refractivity contribution in [3.05, 3.63) is 64.1 Å². The Bertz CT molecular complexity index is 1160. The number of carbonyl (C=O) groups excluding carboxylic acids is 1. The number of hydrogen-bond acceptors (Lipinski definition) is 8. The van der Waals surface area contributed by atoms with E-state index < -0.39 is 5.56 Å². The molecular weight excluding hydrogens is 440 g/mol. The third-order valence-corrected chi connectivity index (χ3v) is 4.95. The van der Waals surface area contributed by atoms with E-state index in [-0.39, 0.29) is 30.3 Å². The fourth-order valence-corrected chi connectivity index (χ4v) is 3.12. The van der Waals surface area contributed by atoms with Gasteiger partial charge >= 0.3 is 0 Å². The number of nitrogens with zero attached hydrogens (tertiary/aromatic N) is 2. The van der Waals surface area contributed by atoms with Crippen molar-refractivity contribution in [2.24, 2.45) is 0 Å². The van der Waals surface area contributed by atoms with Crippen LogP contribution in [-0.4, -0.2) is 55.6 Å². The summed E-state index contributed by atoms with van der Waals surface area (Å²) < 4.78 is 21.5. The van der Waals surface area contributed by atoms with Gasteiger partial charge in [-0.3, -0.25) is 9.59 Å². The van der Waals surface area contributed by atoms with Crippen molar-refractivity contribution < 1.29 is 23.7 Å². The van der Waals surface area contributed by atoms with Crippen LogP contribution in [0.2, 0.25) is 0 Å². The molecule has 0 radical (unpaired) electrons. The average Bonchev–Trinajstić information content (AvgIpc) is 2.86. The van der Waals surface area contributed by atoms with Crippen molar-refractivity contribution in [2.75, 3.05) is 34.5 Å². The number of aromatic nitrogens is 3. The number of ether oxygens (including phenoxy) is 4. The van der Waals surface area contributed by atoms with Crippen molar-refractivity contribution in [1.82, 2.24) is 20.5 Å². The summed E-state index contributed by atoms with van der Waals surface area (Å²) in [5.41, 5.74) is 1.35. The van der Waals surface area contributed by atoms with Gasteiger partial charge in [0.1, 0.15) is 18.1 Å². The Morgan fingerprint density at radius 2 is 1.88 bits per heavy atom. The van der Waals surface area contributed by atoms with Crippen LogP contribution in [0.4, 0.5) is 0 Å². The first-order valence-corrected chi connectivity index (χ1v) is 10.7. The summed E-state index contributed by atoms with van der Waals surface area (Å²) in [5.74, 6) is 1.88. The van der Waals surface area contributed by atoms with Gasteiger partial charge in [0.15, 0.2) is 17.3 Å². The van der Waals surface area contributed by atoms with Crippen LogP contribution in [0, 0.1) is 0 Å². The van der Waals surface area contributed by atoms with Gasteiger partial charge in [-0.15, -0.1) is 10.2 Å². The molecule has 2 aromatic carbocycles. The highest BCUT2D eigenvalue weighted by molar-refractivity contribution is 5.76. The number of aromatic amines is 1. The Balaban J connectivity index is 1.66. The lowest BCUT2D eigenvalue weighted by Crippen LogP contribution is -2.28. The Morgan fingerprint density at radius 1 is 1.03 bits per heavy atom. The molecule has 3 aromatic rings. The fourth-order valence-electron chi connectivity index (χ4n) is 3.12. The van der Waals surface area contributed by atoms with Crippen LogP contribution >= 0.6 is 0 Å². The van der Waals surface area contributed by atoms with Gasteiger partial charge in [0.2, 0.25) is 5.91 Å². The average molecular weight is 469 g/mol. The van der Waals surface area contributed by atoms with Crippen molar-refractivity contribution in [3.8, 4) is 28.6 Å². The fraction of sp³-hybridized carbons (Fsp3) is 0.333. The predicted molar refractivity (Wildman–Crippen MR) is 125 cm³/mol. The third kappa shape index (κ3) is 6.79. The molecule has 0 unspecified atom stereocenters. The second kappa shape index (κ2) is 12.4. The number of rotatable bonds is 12. The summed E-state index contributed by atoms with van der Waals surface area (Å²) in [6.45, 7) is 1.17. The molecule has 0 aliphatic heterocycles. The summed E-state index contributed by atoms with van der Waals surface area (Å²) in [6, 6.07) is 12.8. The molecule has 0 aliphatic carbocycles. The summed E-state index contributed by atoms with van der Waals surface area (Å²) >= 11 is 0. The van der Waals surface area contributed by atoms with Crippen molar-refractivity contribution in [3.63, 3.8) is 0 Å². The highest BCUT2D eigenvalue weighted by atomic mass is 16.5. The smallest absolute Gasteiger partial charge is 0.273 e. The summed E-state index contributed by atoms with van der Waals surface area (Å²) in [6.07, 6.45) is 0.315. The standard InChI is InChI=1S/C24H28N4O6/c1-31-12-11-25-22(29)10-8-19-24(30)26-23(28-27-19)17-7-9-20(21(14-17)33-3)34-15-16-5-4-6-18(13-16)32-2/h4-7,9,13-14H,8,10-12,15H2,1-3H3,(H,25,29)(H,26,28,30). The lowest BCUT2D eigenvalue weighted by Gasteiger charge is -2.12. The van der Waals surface area contributed by atoms with Crippen LogP contribution in [0.3, 0.4) is 0 Å². The van der Waals surface area contributed by atoms with E-state index in [0.717, 1.165) is 11.3 Å². The van der Waals surface area contributed by atoms with Crippen molar-refractivity contribution >= 4 is 5.91 Å². The van der Waals surface area contributed by atoms with Crippen molar-refractivity contribution in [2.45, 2.75) is 19.4 Å². The van der Waals surface area contributed by atoms with Crippen LogP contribution in [0.15, 0.2) is 47.3 Å². The van der Waals surface area contributed by atoms with E-state index in [2.05, 4.69) is 20.5 Å². The molecule has 1 aromatic heterocycles. The van der Waals surface area contributed by atoms with Gasteiger partial charge in [-0.05, 0) is 35.9 Å². The third-order valence-electron chi connectivity index (χ3n) is 4.95. The van der Waals surface area contributed by atoms with Gasteiger partial charge in [-0.25, -0.2) is 0 Å². The topological polar surface area (TPSA) is 125 Å². The molecule has 0 aliphatic rings. The molecule has 0 bridgehead atoms. The van der Waals surface area contributed by atoms with Gasteiger partial charge in [0, 0.05) is 32.1 Å². The van der Waals surface area contributed by atoms with E-state index in [9.17, 15) is 9.59 Å². The first-order chi connectivity index (χ1) is 16.5. The van der Waals surface area contributed by atoms with Gasteiger partial charge in [0.05, 0.1) is 20.8 Å². The summed E-state index contributed by atoms with van der Waals surface area (Å²) in [7, 11) is 4.71. The van der Waals surface area contributed by atoms with Crippen LogP contribution in [0.5, 0.6) is 17.2 Å². The lowest BCUT2D eigenvalue weighted by molar-refractivity contribution is -0.121. The van der Waals surface area contributed by atoms with Crippen LogP contribution in [0.1, 0.15) is 17.7 Å². The molecule has 0 fully saturated rings. The maximum absolute atomic E-state index is 12.4. The minimum Gasteiger partial charge on any atom is -0.497 e. The van der Waals surface area contributed by atoms with E-state index in [1.807, 2.05) is 24.3 Å². The maximum atomic E-state index is 12.4. The predicted octanol–water partition coefficient (Wildman–Crippen LogP) is 2.12. The number of nitrogens with one attached hydrogen (secondary N) is 2. The number of methoxy groups -OCH3 is 3. The summed E-state index contributed by atoms with van der Waals surface area (Å²) in [5, 5.41) is 10.8. The SMILES string of the molecule is COCCNC(=O)CCc1nnc(-c2ccc(OCc3cccc(OC)c3)c(OC)c2)[nH]c1=O. The van der Waals surface area contributed by atoms with E-state index >= 15 is 0 Å². The number of aryl methyl sites for hydroxylation is 1. The van der Waals surface area contributed by atoms with Crippen molar-refractivity contribution in [1.29, 1.82) is 0 Å². The lowest BCUT2D eigenvalue weighted by atomic mass is 10.2. The zero-order chi connectivity index (χ0) is 24.3. The molecule has 3 rings (SSSR count).